The number of phenolic OH excluding ortho intramolecular Hbond substituents is 2. The van der Waals surface area contributed by atoms with Crippen molar-refractivity contribution in [2.75, 3.05) is 20.3 Å². The molecule has 1 aromatic rings. The molecule has 0 aliphatic carbocycles. The summed E-state index contributed by atoms with van der Waals surface area (Å²) in [7, 11) is 1.19. The molecule has 0 radical (unpaired) electrons. The third-order valence-corrected chi connectivity index (χ3v) is 6.47. The van der Waals surface area contributed by atoms with Crippen molar-refractivity contribution in [2.24, 2.45) is 0 Å². The molecule has 7 unspecified atom stereocenters. The summed E-state index contributed by atoms with van der Waals surface area (Å²) in [6.07, 6.45) is -7.66. The maximum absolute atomic E-state index is 13.0. The van der Waals surface area contributed by atoms with Gasteiger partial charge < -0.3 is 50.0 Å². The van der Waals surface area contributed by atoms with Crippen LogP contribution >= 0.6 is 0 Å². The lowest BCUT2D eigenvalue weighted by atomic mass is 9.84. The van der Waals surface area contributed by atoms with Gasteiger partial charge in [-0.15, -0.1) is 0 Å². The highest BCUT2D eigenvalue weighted by Crippen LogP contribution is 2.52. The minimum atomic E-state index is -1.61. The molecule has 0 spiro atoms. The lowest BCUT2D eigenvalue weighted by molar-refractivity contribution is -0.235. The summed E-state index contributed by atoms with van der Waals surface area (Å²) in [5.41, 5.74) is -0.395. The summed E-state index contributed by atoms with van der Waals surface area (Å²) in [5, 5.41) is 71.9. The van der Waals surface area contributed by atoms with Crippen LogP contribution in [0.15, 0.2) is 12.3 Å². The Hall–Kier alpha value is -2.61. The highest BCUT2D eigenvalue weighted by molar-refractivity contribution is 5.97. The average Bonchev–Trinajstić information content (AvgIpc) is 3.14. The Labute approximate surface area is 188 Å². The minimum Gasteiger partial charge on any atom is -0.511 e. The van der Waals surface area contributed by atoms with E-state index in [-0.39, 0.29) is 47.7 Å². The van der Waals surface area contributed by atoms with Crippen LogP contribution < -0.4 is 4.74 Å². The predicted molar refractivity (Wildman–Crippen MR) is 109 cm³/mol. The highest BCUT2D eigenvalue weighted by atomic mass is 16.6. The molecular weight excluding hydrogens is 442 g/mol. The van der Waals surface area contributed by atoms with Gasteiger partial charge in [0.15, 0.2) is 17.6 Å². The first-order valence-corrected chi connectivity index (χ1v) is 10.4. The van der Waals surface area contributed by atoms with Crippen LogP contribution in [-0.2, 0) is 16.0 Å². The van der Waals surface area contributed by atoms with Gasteiger partial charge in [0.2, 0.25) is 5.75 Å². The number of ether oxygens (including phenoxy) is 3. The maximum atomic E-state index is 13.0. The molecule has 12 nitrogen and oxygen atoms in total. The van der Waals surface area contributed by atoms with E-state index in [0.29, 0.717) is 0 Å². The lowest BCUT2D eigenvalue weighted by Crippen LogP contribution is -2.58. The number of aromatic hydroxyl groups is 2. The quantitative estimate of drug-likeness (QED) is 0.202. The zero-order chi connectivity index (χ0) is 24.2. The topological polar surface area (TPSA) is 190 Å². The number of nitrogens with zero attached hydrogens (tertiary/aromatic N) is 1. The van der Waals surface area contributed by atoms with E-state index in [1.54, 1.807) is 4.90 Å². The molecule has 3 heterocycles. The van der Waals surface area contributed by atoms with Crippen molar-refractivity contribution in [3.05, 3.63) is 29.0 Å². The van der Waals surface area contributed by atoms with Gasteiger partial charge >= 0.3 is 5.97 Å². The second-order valence-electron chi connectivity index (χ2n) is 8.45. The number of benzene rings is 1. The second kappa shape index (κ2) is 8.63. The fraction of sp³-hybridized carbons (Fsp3) is 0.571. The van der Waals surface area contributed by atoms with Gasteiger partial charge in [-0.05, 0) is 6.42 Å². The molecule has 1 aromatic carbocycles. The number of hydrogen-bond acceptors (Lipinski definition) is 12. The molecule has 0 aromatic heterocycles. The van der Waals surface area contributed by atoms with Crippen LogP contribution in [0.3, 0.4) is 0 Å². The Balaban J connectivity index is 1.86. The largest absolute Gasteiger partial charge is 0.511 e. The van der Waals surface area contributed by atoms with E-state index in [0.717, 1.165) is 0 Å². The van der Waals surface area contributed by atoms with Crippen LogP contribution in [-0.4, -0.2) is 103 Å². The first-order valence-electron chi connectivity index (χ1n) is 10.4. The van der Waals surface area contributed by atoms with Crippen molar-refractivity contribution in [1.29, 1.82) is 0 Å². The van der Waals surface area contributed by atoms with Crippen molar-refractivity contribution in [3.63, 3.8) is 0 Å². The number of hydrogen-bond donors (Lipinski definition) is 7. The van der Waals surface area contributed by atoms with E-state index in [1.165, 1.54) is 7.11 Å². The zero-order valence-electron chi connectivity index (χ0n) is 17.8. The van der Waals surface area contributed by atoms with Gasteiger partial charge in [-0.2, -0.15) is 0 Å². The number of carbonyl (C=O) groups is 1. The van der Waals surface area contributed by atoms with Gasteiger partial charge in [-0.3, -0.25) is 4.90 Å². The summed E-state index contributed by atoms with van der Waals surface area (Å²) < 4.78 is 16.2. The second-order valence-corrected chi connectivity index (χ2v) is 8.45. The maximum Gasteiger partial charge on any atom is 0.339 e. The third kappa shape index (κ3) is 3.68. The molecular formula is C21H27NO11. The molecule has 7 atom stereocenters. The van der Waals surface area contributed by atoms with E-state index in [9.17, 15) is 40.5 Å². The summed E-state index contributed by atoms with van der Waals surface area (Å²) in [6.45, 7) is 2.81. The highest BCUT2D eigenvalue weighted by Gasteiger charge is 2.53. The summed E-state index contributed by atoms with van der Waals surface area (Å²) in [4.78, 5) is 14.6. The van der Waals surface area contributed by atoms with E-state index in [4.69, 9.17) is 14.2 Å². The third-order valence-electron chi connectivity index (χ3n) is 6.47. The minimum absolute atomic E-state index is 0.0202. The fourth-order valence-electron chi connectivity index (χ4n) is 4.87. The fourth-order valence-corrected chi connectivity index (χ4v) is 4.87. The molecule has 0 bridgehead atoms. The molecule has 182 valence electrons. The van der Waals surface area contributed by atoms with Crippen molar-refractivity contribution >= 4 is 5.97 Å². The molecule has 33 heavy (non-hydrogen) atoms. The van der Waals surface area contributed by atoms with Crippen molar-refractivity contribution in [1.82, 2.24) is 4.90 Å². The normalized spacial score (nSPS) is 33.8. The van der Waals surface area contributed by atoms with Crippen LogP contribution in [0.2, 0.25) is 0 Å². The number of aliphatic hydroxyl groups excluding tert-OH is 5. The van der Waals surface area contributed by atoms with Crippen molar-refractivity contribution < 1.29 is 54.8 Å². The van der Waals surface area contributed by atoms with Crippen LogP contribution in [0.1, 0.15) is 34.0 Å². The van der Waals surface area contributed by atoms with E-state index in [2.05, 4.69) is 6.58 Å². The van der Waals surface area contributed by atoms with E-state index < -0.39 is 66.7 Å². The number of likely N-dealkylation sites (tertiary alicyclic amines) is 1. The number of carbonyl (C=O) groups excluding carboxylic acids is 1. The number of phenols is 2. The SMILES string of the molecule is C=C(O)C1CC(O)CN1Cc1c(O)c(OC)c(O)c2c1C(=O)OC1C2OC(CO)C(O)C1O. The Bertz CT molecular complexity index is 966. The molecule has 4 rings (SSSR count). The molecule has 2 fully saturated rings. The van der Waals surface area contributed by atoms with Gasteiger partial charge in [0.05, 0.1) is 31.4 Å². The van der Waals surface area contributed by atoms with Crippen LogP contribution in [0.25, 0.3) is 0 Å². The van der Waals surface area contributed by atoms with Gasteiger partial charge in [-0.25, -0.2) is 4.79 Å². The average molecular weight is 469 g/mol. The van der Waals surface area contributed by atoms with Crippen LogP contribution in [0.4, 0.5) is 0 Å². The smallest absolute Gasteiger partial charge is 0.339 e. The number of aliphatic hydroxyl groups is 5. The van der Waals surface area contributed by atoms with E-state index in [1.807, 2.05) is 0 Å². The number of fused-ring (bicyclic) bond motifs is 3. The first kappa shape index (κ1) is 23.5. The predicted octanol–water partition coefficient (Wildman–Crippen LogP) is -1.19. The zero-order valence-corrected chi connectivity index (χ0v) is 17.8. The Morgan fingerprint density at radius 3 is 2.52 bits per heavy atom. The molecule has 3 aliphatic rings. The number of methoxy groups -OCH3 is 1. The van der Waals surface area contributed by atoms with Gasteiger partial charge in [0.1, 0.15) is 30.2 Å². The van der Waals surface area contributed by atoms with Crippen LogP contribution in [0.5, 0.6) is 17.2 Å². The summed E-state index contributed by atoms with van der Waals surface area (Å²) >= 11 is 0. The molecule has 0 saturated carbocycles. The summed E-state index contributed by atoms with van der Waals surface area (Å²) in [5.74, 6) is -2.73. The molecule has 2 saturated heterocycles. The molecule has 12 heteroatoms. The Morgan fingerprint density at radius 1 is 1.21 bits per heavy atom. The standard InChI is InChI=1S/C21H27NO11/c1-7(24)10-3-8(25)4-22(10)5-9-12-13(16(28)19(31-2)14(9)26)18-20(33-21(12)30)17(29)15(27)11(6-23)32-18/h8,10-11,15,17-18,20,23-29H,1,3-6H2,2H3. The van der Waals surface area contributed by atoms with Crippen molar-refractivity contribution in [2.45, 2.75) is 55.6 Å². The van der Waals surface area contributed by atoms with Crippen LogP contribution in [0, 0.1) is 0 Å². The Kier molecular flexibility index (Phi) is 6.16. The summed E-state index contributed by atoms with van der Waals surface area (Å²) in [6, 6.07) is -0.649. The van der Waals surface area contributed by atoms with E-state index >= 15 is 0 Å². The number of esters is 1. The first-order chi connectivity index (χ1) is 15.6. The van der Waals surface area contributed by atoms with Gasteiger partial charge in [0, 0.05) is 24.2 Å². The lowest BCUT2D eigenvalue weighted by Gasteiger charge is -2.45. The molecule has 0 amide bonds. The van der Waals surface area contributed by atoms with Gasteiger partial charge in [-0.1, -0.05) is 6.58 Å². The monoisotopic (exact) mass is 469 g/mol. The number of rotatable bonds is 5. The van der Waals surface area contributed by atoms with Gasteiger partial charge in [0.25, 0.3) is 0 Å². The Morgan fingerprint density at radius 2 is 1.91 bits per heavy atom. The molecule has 3 aliphatic heterocycles. The molecule has 7 N–H and O–H groups in total. The number of β-amino-alcohol motifs (C(OH)–C–C–N with tert-alkyl or cyclic N) is 1. The van der Waals surface area contributed by atoms with Crippen molar-refractivity contribution in [3.8, 4) is 17.2 Å².